The Morgan fingerprint density at radius 2 is 2.05 bits per heavy atom. The van der Waals surface area contributed by atoms with Gasteiger partial charge in [-0.2, -0.15) is 4.98 Å². The van der Waals surface area contributed by atoms with Crippen LogP contribution in [-0.4, -0.2) is 10.1 Å². The van der Waals surface area contributed by atoms with Crippen molar-refractivity contribution >= 4 is 0 Å². The third-order valence-electron chi connectivity index (χ3n) is 4.10. The molecule has 5 nitrogen and oxygen atoms in total. The quantitative estimate of drug-likeness (QED) is 0.935. The molecule has 0 radical (unpaired) electrons. The maximum atomic E-state index is 6.32. The van der Waals surface area contributed by atoms with Crippen LogP contribution >= 0.6 is 0 Å². The highest BCUT2D eigenvalue weighted by Crippen LogP contribution is 2.34. The summed E-state index contributed by atoms with van der Waals surface area (Å²) in [7, 11) is 0. The van der Waals surface area contributed by atoms with E-state index in [0.29, 0.717) is 11.7 Å². The highest BCUT2D eigenvalue weighted by Gasteiger charge is 2.35. The fourth-order valence-electron chi connectivity index (χ4n) is 2.75. The van der Waals surface area contributed by atoms with Crippen molar-refractivity contribution in [3.05, 3.63) is 41.0 Å². The van der Waals surface area contributed by atoms with Gasteiger partial charge in [0.2, 0.25) is 0 Å². The number of hydrogen-bond donors (Lipinski definition) is 1. The zero-order chi connectivity index (χ0) is 14.9. The van der Waals surface area contributed by atoms with Crippen LogP contribution in [0.15, 0.2) is 22.7 Å². The van der Waals surface area contributed by atoms with Crippen LogP contribution in [-0.2, 0) is 12.1 Å². The lowest BCUT2D eigenvalue weighted by atomic mass is 9.99. The number of nitrogens with two attached hydrogens (primary N) is 1. The van der Waals surface area contributed by atoms with E-state index in [1.165, 1.54) is 0 Å². The molecule has 0 saturated heterocycles. The number of nitrogens with zero attached hydrogens (tertiary/aromatic N) is 2. The lowest BCUT2D eigenvalue weighted by Gasteiger charge is -2.17. The number of rotatable bonds is 4. The molecule has 1 aliphatic carbocycles. The van der Waals surface area contributed by atoms with Crippen molar-refractivity contribution < 1.29 is 9.26 Å². The molecule has 0 amide bonds. The number of benzene rings is 1. The maximum absolute atomic E-state index is 6.32. The van der Waals surface area contributed by atoms with E-state index in [1.807, 2.05) is 26.0 Å². The maximum Gasteiger partial charge on any atom is 0.264 e. The molecule has 1 saturated carbocycles. The molecule has 1 aliphatic rings. The van der Waals surface area contributed by atoms with Crippen LogP contribution in [0.5, 0.6) is 5.75 Å². The summed E-state index contributed by atoms with van der Waals surface area (Å²) in [5.74, 6) is 1.93. The Kier molecular flexibility index (Phi) is 3.68. The van der Waals surface area contributed by atoms with Gasteiger partial charge in [0.25, 0.3) is 5.89 Å². The Bertz CT molecular complexity index is 630. The van der Waals surface area contributed by atoms with Gasteiger partial charge in [-0.25, -0.2) is 0 Å². The summed E-state index contributed by atoms with van der Waals surface area (Å²) in [5.41, 5.74) is 8.15. The molecule has 1 aromatic heterocycles. The van der Waals surface area contributed by atoms with Crippen molar-refractivity contribution in [2.45, 2.75) is 51.7 Å². The monoisotopic (exact) mass is 287 g/mol. The normalized spacial score (nSPS) is 17.1. The van der Waals surface area contributed by atoms with E-state index < -0.39 is 5.54 Å². The Morgan fingerprint density at radius 1 is 1.29 bits per heavy atom. The Labute approximate surface area is 124 Å². The minimum absolute atomic E-state index is 0.271. The van der Waals surface area contributed by atoms with E-state index in [2.05, 4.69) is 16.2 Å². The van der Waals surface area contributed by atoms with E-state index in [-0.39, 0.29) is 6.61 Å². The molecule has 0 spiro atoms. The summed E-state index contributed by atoms with van der Waals surface area (Å²) in [6.07, 6.45) is 4.09. The number of hydrogen-bond acceptors (Lipinski definition) is 5. The molecule has 0 bridgehead atoms. The van der Waals surface area contributed by atoms with E-state index in [9.17, 15) is 0 Å². The lowest BCUT2D eigenvalue weighted by Crippen LogP contribution is -2.34. The lowest BCUT2D eigenvalue weighted by molar-refractivity contribution is 0.240. The minimum Gasteiger partial charge on any atom is -0.483 e. The van der Waals surface area contributed by atoms with Crippen LogP contribution in [0.2, 0.25) is 0 Å². The predicted octanol–water partition coefficient (Wildman–Crippen LogP) is 2.99. The van der Waals surface area contributed by atoms with E-state index in [1.54, 1.807) is 0 Å². The van der Waals surface area contributed by atoms with Crippen LogP contribution in [0.4, 0.5) is 0 Å². The zero-order valence-electron chi connectivity index (χ0n) is 12.6. The van der Waals surface area contributed by atoms with Gasteiger partial charge in [-0.3, -0.25) is 0 Å². The SMILES string of the molecule is Cc1ccc(C)c(OCc2nc(C3(N)CCCC3)no2)c1. The third-order valence-corrected chi connectivity index (χ3v) is 4.10. The van der Waals surface area contributed by atoms with Gasteiger partial charge in [0, 0.05) is 0 Å². The summed E-state index contributed by atoms with van der Waals surface area (Å²) in [5, 5.41) is 4.03. The second-order valence-corrected chi connectivity index (χ2v) is 5.93. The van der Waals surface area contributed by atoms with Crippen LogP contribution in [0.25, 0.3) is 0 Å². The number of aromatic nitrogens is 2. The minimum atomic E-state index is -0.416. The largest absolute Gasteiger partial charge is 0.483 e. The summed E-state index contributed by atoms with van der Waals surface area (Å²) < 4.78 is 11.0. The average molecular weight is 287 g/mol. The Morgan fingerprint density at radius 3 is 2.81 bits per heavy atom. The zero-order valence-corrected chi connectivity index (χ0v) is 12.6. The standard InChI is InChI=1S/C16H21N3O2/c1-11-5-6-12(2)13(9-11)20-10-14-18-15(19-21-14)16(17)7-3-4-8-16/h5-6,9H,3-4,7-8,10,17H2,1-2H3. The van der Waals surface area contributed by atoms with Gasteiger partial charge in [0.05, 0.1) is 5.54 Å². The third kappa shape index (κ3) is 2.93. The van der Waals surface area contributed by atoms with Gasteiger partial charge in [0.1, 0.15) is 5.75 Å². The molecule has 2 aromatic rings. The molecule has 2 N–H and O–H groups in total. The van der Waals surface area contributed by atoms with Crippen LogP contribution in [0, 0.1) is 13.8 Å². The molecule has 1 fully saturated rings. The number of ether oxygens (including phenoxy) is 1. The molecular formula is C16H21N3O2. The summed E-state index contributed by atoms with van der Waals surface area (Å²) >= 11 is 0. The first-order valence-electron chi connectivity index (χ1n) is 7.39. The number of aryl methyl sites for hydroxylation is 2. The Balaban J connectivity index is 1.69. The van der Waals surface area contributed by atoms with Crippen molar-refractivity contribution in [3.63, 3.8) is 0 Å². The molecule has 1 aromatic carbocycles. The van der Waals surface area contributed by atoms with Crippen LogP contribution in [0.1, 0.15) is 48.5 Å². The van der Waals surface area contributed by atoms with E-state index in [0.717, 1.165) is 42.6 Å². The van der Waals surface area contributed by atoms with Crippen molar-refractivity contribution in [1.82, 2.24) is 10.1 Å². The summed E-state index contributed by atoms with van der Waals surface area (Å²) in [6.45, 7) is 4.32. The molecule has 112 valence electrons. The van der Waals surface area contributed by atoms with Gasteiger partial charge < -0.3 is 15.0 Å². The first-order chi connectivity index (χ1) is 10.1. The topological polar surface area (TPSA) is 74.2 Å². The second-order valence-electron chi connectivity index (χ2n) is 5.93. The molecular weight excluding hydrogens is 266 g/mol. The van der Waals surface area contributed by atoms with Gasteiger partial charge in [-0.1, -0.05) is 30.1 Å². The van der Waals surface area contributed by atoms with Gasteiger partial charge in [-0.15, -0.1) is 0 Å². The fraction of sp³-hybridized carbons (Fsp3) is 0.500. The van der Waals surface area contributed by atoms with Crippen molar-refractivity contribution in [2.24, 2.45) is 5.73 Å². The molecule has 1 heterocycles. The first kappa shape index (κ1) is 14.1. The van der Waals surface area contributed by atoms with Gasteiger partial charge >= 0.3 is 0 Å². The van der Waals surface area contributed by atoms with Crippen LogP contribution < -0.4 is 10.5 Å². The first-order valence-corrected chi connectivity index (χ1v) is 7.39. The molecule has 0 unspecified atom stereocenters. The van der Waals surface area contributed by atoms with Crippen LogP contribution in [0.3, 0.4) is 0 Å². The summed E-state index contributed by atoms with van der Waals surface area (Å²) in [6, 6.07) is 6.11. The van der Waals surface area contributed by atoms with Crippen molar-refractivity contribution in [3.8, 4) is 5.75 Å². The predicted molar refractivity (Wildman–Crippen MR) is 78.9 cm³/mol. The molecule has 0 atom stereocenters. The molecule has 0 aliphatic heterocycles. The smallest absolute Gasteiger partial charge is 0.264 e. The summed E-state index contributed by atoms with van der Waals surface area (Å²) in [4.78, 5) is 4.40. The fourth-order valence-corrected chi connectivity index (χ4v) is 2.75. The highest BCUT2D eigenvalue weighted by molar-refractivity contribution is 5.35. The second kappa shape index (κ2) is 5.48. The molecule has 5 heteroatoms. The van der Waals surface area contributed by atoms with E-state index >= 15 is 0 Å². The molecule has 21 heavy (non-hydrogen) atoms. The van der Waals surface area contributed by atoms with Crippen molar-refractivity contribution in [1.29, 1.82) is 0 Å². The van der Waals surface area contributed by atoms with Crippen molar-refractivity contribution in [2.75, 3.05) is 0 Å². The van der Waals surface area contributed by atoms with Gasteiger partial charge in [-0.05, 0) is 43.9 Å². The Hall–Kier alpha value is -1.88. The highest BCUT2D eigenvalue weighted by atomic mass is 16.5. The molecule has 3 rings (SSSR count). The average Bonchev–Trinajstić information content (AvgIpc) is 3.10. The van der Waals surface area contributed by atoms with E-state index in [4.69, 9.17) is 15.0 Å². The van der Waals surface area contributed by atoms with Gasteiger partial charge in [0.15, 0.2) is 12.4 Å².